The van der Waals surface area contributed by atoms with Crippen LogP contribution in [0.25, 0.3) is 0 Å². The smallest absolute Gasteiger partial charge is 0.274 e. The highest BCUT2D eigenvalue weighted by Crippen LogP contribution is 2.30. The number of amides is 1. The van der Waals surface area contributed by atoms with E-state index in [9.17, 15) is 9.59 Å². The number of aromatic nitrogens is 2. The summed E-state index contributed by atoms with van der Waals surface area (Å²) in [6, 6.07) is 3.73. The molecule has 2 saturated heterocycles. The van der Waals surface area contributed by atoms with Crippen molar-refractivity contribution in [2.75, 3.05) is 19.6 Å². The van der Waals surface area contributed by atoms with Crippen LogP contribution in [0.15, 0.2) is 16.9 Å². The van der Waals surface area contributed by atoms with Crippen molar-refractivity contribution in [2.45, 2.75) is 44.7 Å². The van der Waals surface area contributed by atoms with E-state index >= 15 is 0 Å². The van der Waals surface area contributed by atoms with E-state index < -0.39 is 0 Å². The quantitative estimate of drug-likeness (QED) is 0.831. The molecule has 22 heavy (non-hydrogen) atoms. The van der Waals surface area contributed by atoms with Crippen LogP contribution in [0.3, 0.4) is 0 Å². The fourth-order valence-corrected chi connectivity index (χ4v) is 3.89. The van der Waals surface area contributed by atoms with E-state index in [1.807, 2.05) is 4.90 Å². The maximum atomic E-state index is 12.8. The molecule has 2 fully saturated rings. The van der Waals surface area contributed by atoms with Gasteiger partial charge < -0.3 is 4.90 Å². The average molecular weight is 304 g/mol. The fourth-order valence-electron chi connectivity index (χ4n) is 3.89. The van der Waals surface area contributed by atoms with Gasteiger partial charge in [0.25, 0.3) is 11.5 Å². The molecule has 3 rings (SSSR count). The zero-order chi connectivity index (χ0) is 15.7. The van der Waals surface area contributed by atoms with Gasteiger partial charge in [0.05, 0.1) is 0 Å². The minimum Gasteiger partial charge on any atom is -0.333 e. The van der Waals surface area contributed by atoms with Gasteiger partial charge in [0.15, 0.2) is 0 Å². The number of hydrogen-bond donors (Lipinski definition) is 0. The Labute approximate surface area is 130 Å². The molecule has 0 aliphatic carbocycles. The first kappa shape index (κ1) is 15.2. The lowest BCUT2D eigenvalue weighted by Gasteiger charge is -2.34. The number of likely N-dealkylation sites (N-methyl/N-ethyl adjacent to an activating group) is 1. The zero-order valence-electron chi connectivity index (χ0n) is 13.4. The van der Waals surface area contributed by atoms with Crippen molar-refractivity contribution in [3.63, 3.8) is 0 Å². The average Bonchev–Trinajstić information content (AvgIpc) is 3.16. The molecule has 0 N–H and O–H groups in total. The largest absolute Gasteiger partial charge is 0.333 e. The van der Waals surface area contributed by atoms with Crippen molar-refractivity contribution in [3.05, 3.63) is 28.2 Å². The Bertz CT molecular complexity index is 612. The van der Waals surface area contributed by atoms with Crippen molar-refractivity contribution >= 4 is 5.91 Å². The number of carbonyl (C=O) groups is 1. The van der Waals surface area contributed by atoms with Crippen molar-refractivity contribution in [1.82, 2.24) is 19.6 Å². The van der Waals surface area contributed by atoms with E-state index in [0.717, 1.165) is 32.5 Å². The van der Waals surface area contributed by atoms with Gasteiger partial charge >= 0.3 is 0 Å². The predicted molar refractivity (Wildman–Crippen MR) is 83.8 cm³/mol. The van der Waals surface area contributed by atoms with Gasteiger partial charge in [0, 0.05) is 31.7 Å². The highest BCUT2D eigenvalue weighted by atomic mass is 16.2. The number of carbonyl (C=O) groups excluding carboxylic acids is 1. The summed E-state index contributed by atoms with van der Waals surface area (Å²) >= 11 is 0. The maximum Gasteiger partial charge on any atom is 0.274 e. The van der Waals surface area contributed by atoms with Crippen LogP contribution in [0.5, 0.6) is 0 Å². The molecule has 0 unspecified atom stereocenters. The molecule has 6 nitrogen and oxygen atoms in total. The minimum absolute atomic E-state index is 0.0407. The van der Waals surface area contributed by atoms with E-state index in [1.54, 1.807) is 13.1 Å². The Balaban J connectivity index is 1.81. The standard InChI is InChI=1S/C16H24N4O2/c1-3-19-10-4-6-13(19)14-7-5-11-20(14)16(22)12-8-9-15(21)18(2)17-12/h8-9,13-14H,3-7,10-11H2,1-2H3/t13-,14-/m1/s1. The lowest BCUT2D eigenvalue weighted by atomic mass is 10.0. The second-order valence-electron chi connectivity index (χ2n) is 6.23. The van der Waals surface area contributed by atoms with E-state index in [-0.39, 0.29) is 17.5 Å². The Morgan fingerprint density at radius 3 is 2.68 bits per heavy atom. The van der Waals surface area contributed by atoms with Crippen molar-refractivity contribution in [3.8, 4) is 0 Å². The second kappa shape index (κ2) is 6.20. The van der Waals surface area contributed by atoms with Crippen LogP contribution in [0, 0.1) is 0 Å². The first-order chi connectivity index (χ1) is 10.6. The van der Waals surface area contributed by atoms with Gasteiger partial charge in [0.2, 0.25) is 0 Å². The lowest BCUT2D eigenvalue weighted by molar-refractivity contribution is 0.0641. The molecule has 0 bridgehead atoms. The van der Waals surface area contributed by atoms with Crippen LogP contribution >= 0.6 is 0 Å². The summed E-state index contributed by atoms with van der Waals surface area (Å²) in [7, 11) is 1.58. The van der Waals surface area contributed by atoms with Gasteiger partial charge in [-0.2, -0.15) is 5.10 Å². The molecule has 0 radical (unpaired) electrons. The van der Waals surface area contributed by atoms with Gasteiger partial charge in [0.1, 0.15) is 5.69 Å². The van der Waals surface area contributed by atoms with E-state index in [4.69, 9.17) is 0 Å². The van der Waals surface area contributed by atoms with Crippen LogP contribution < -0.4 is 5.56 Å². The number of nitrogens with zero attached hydrogens (tertiary/aromatic N) is 4. The van der Waals surface area contributed by atoms with Crippen LogP contribution in [-0.2, 0) is 7.05 Å². The predicted octanol–water partition coefficient (Wildman–Crippen LogP) is 0.869. The van der Waals surface area contributed by atoms with Crippen molar-refractivity contribution in [1.29, 1.82) is 0 Å². The summed E-state index contributed by atoms with van der Waals surface area (Å²) in [5, 5.41) is 4.12. The Hall–Kier alpha value is -1.69. The Kier molecular flexibility index (Phi) is 4.29. The molecule has 120 valence electrons. The van der Waals surface area contributed by atoms with E-state index in [0.29, 0.717) is 11.7 Å². The summed E-state index contributed by atoms with van der Waals surface area (Å²) in [6.07, 6.45) is 4.51. The van der Waals surface area contributed by atoms with Crippen LogP contribution in [0.1, 0.15) is 43.1 Å². The molecule has 1 amide bonds. The number of likely N-dealkylation sites (tertiary alicyclic amines) is 2. The topological polar surface area (TPSA) is 58.4 Å². The highest BCUT2D eigenvalue weighted by molar-refractivity contribution is 5.92. The van der Waals surface area contributed by atoms with E-state index in [2.05, 4.69) is 16.9 Å². The molecule has 1 aromatic rings. The molecule has 2 atom stereocenters. The zero-order valence-corrected chi connectivity index (χ0v) is 13.4. The summed E-state index contributed by atoms with van der Waals surface area (Å²) in [5.41, 5.74) is 0.178. The van der Waals surface area contributed by atoms with E-state index in [1.165, 1.54) is 23.6 Å². The molecule has 0 spiro atoms. The number of aryl methyl sites for hydroxylation is 1. The molecule has 2 aliphatic heterocycles. The fraction of sp³-hybridized carbons (Fsp3) is 0.688. The molecule has 1 aromatic heterocycles. The molecule has 0 aromatic carbocycles. The third-order valence-electron chi connectivity index (χ3n) is 5.00. The lowest BCUT2D eigenvalue weighted by Crippen LogP contribution is -2.48. The molecular formula is C16H24N4O2. The molecule has 3 heterocycles. The van der Waals surface area contributed by atoms with Crippen LogP contribution in [-0.4, -0.2) is 57.2 Å². The summed E-state index contributed by atoms with van der Waals surface area (Å²) in [4.78, 5) is 28.7. The van der Waals surface area contributed by atoms with Crippen molar-refractivity contribution in [2.24, 2.45) is 7.05 Å². The maximum absolute atomic E-state index is 12.8. The van der Waals surface area contributed by atoms with Gasteiger partial charge in [-0.25, -0.2) is 4.68 Å². The van der Waals surface area contributed by atoms with Gasteiger partial charge in [-0.05, 0) is 44.8 Å². The van der Waals surface area contributed by atoms with Gasteiger partial charge in [-0.15, -0.1) is 0 Å². The monoisotopic (exact) mass is 304 g/mol. The molecule has 6 heteroatoms. The third kappa shape index (κ3) is 2.67. The molecule has 2 aliphatic rings. The number of hydrogen-bond acceptors (Lipinski definition) is 4. The second-order valence-corrected chi connectivity index (χ2v) is 6.23. The third-order valence-corrected chi connectivity index (χ3v) is 5.00. The number of rotatable bonds is 3. The van der Waals surface area contributed by atoms with Gasteiger partial charge in [-0.1, -0.05) is 6.92 Å². The first-order valence-electron chi connectivity index (χ1n) is 8.21. The van der Waals surface area contributed by atoms with Crippen LogP contribution in [0.4, 0.5) is 0 Å². The minimum atomic E-state index is -0.192. The summed E-state index contributed by atoms with van der Waals surface area (Å²) in [5.74, 6) is -0.0407. The van der Waals surface area contributed by atoms with Crippen LogP contribution in [0.2, 0.25) is 0 Å². The molecular weight excluding hydrogens is 280 g/mol. The first-order valence-corrected chi connectivity index (χ1v) is 8.21. The summed E-state index contributed by atoms with van der Waals surface area (Å²) < 4.78 is 1.23. The Morgan fingerprint density at radius 1 is 1.23 bits per heavy atom. The Morgan fingerprint density at radius 2 is 1.95 bits per heavy atom. The highest BCUT2D eigenvalue weighted by Gasteiger charge is 2.39. The summed E-state index contributed by atoms with van der Waals surface area (Å²) in [6.45, 7) is 5.16. The normalized spacial score (nSPS) is 25.8. The SMILES string of the molecule is CCN1CCC[C@@H]1[C@H]1CCCN1C(=O)c1ccc(=O)n(C)n1. The van der Waals surface area contributed by atoms with Gasteiger partial charge in [-0.3, -0.25) is 14.5 Å². The van der Waals surface area contributed by atoms with Crippen molar-refractivity contribution < 1.29 is 4.79 Å². The molecule has 0 saturated carbocycles.